The van der Waals surface area contributed by atoms with E-state index in [2.05, 4.69) is 24.4 Å². The van der Waals surface area contributed by atoms with Gasteiger partial charge < -0.3 is 4.57 Å². The average molecular weight is 591 g/mol. The number of Topliss-reactive ketones (excluding diaryl/α,β-unsaturated/α-hetero) is 1. The Labute approximate surface area is 251 Å². The van der Waals surface area contributed by atoms with E-state index in [-0.39, 0.29) is 29.6 Å². The fourth-order valence-corrected chi connectivity index (χ4v) is 5.80. The maximum atomic E-state index is 13.8. The summed E-state index contributed by atoms with van der Waals surface area (Å²) in [7, 11) is 0. The SMILES string of the molecule is O=C(Cc1cn2nc(-c3c(-c4ccc(F)cc4)ncn3C3CCN(Cc4ccncc4)CC3)ccc2n1)c1ccnc(F)c1. The Kier molecular flexibility index (Phi) is 7.45. The van der Waals surface area contributed by atoms with Crippen molar-refractivity contribution in [1.29, 1.82) is 0 Å². The number of carbonyl (C=O) groups is 1. The van der Waals surface area contributed by atoms with Gasteiger partial charge in [0.25, 0.3) is 0 Å². The van der Waals surface area contributed by atoms with E-state index < -0.39 is 5.95 Å². The van der Waals surface area contributed by atoms with Crippen molar-refractivity contribution in [2.45, 2.75) is 31.8 Å². The third kappa shape index (κ3) is 5.73. The number of halogens is 2. The van der Waals surface area contributed by atoms with Crippen LogP contribution in [0.3, 0.4) is 0 Å². The molecule has 9 nitrogen and oxygen atoms in total. The lowest BCUT2D eigenvalue weighted by molar-refractivity contribution is 0.0991. The third-order valence-electron chi connectivity index (χ3n) is 8.02. The van der Waals surface area contributed by atoms with Gasteiger partial charge in [-0.25, -0.2) is 23.9 Å². The first-order chi connectivity index (χ1) is 21.5. The highest BCUT2D eigenvalue weighted by molar-refractivity contribution is 5.97. The molecule has 0 bridgehead atoms. The van der Waals surface area contributed by atoms with Gasteiger partial charge in [-0.1, -0.05) is 0 Å². The summed E-state index contributed by atoms with van der Waals surface area (Å²) in [6.45, 7) is 2.75. The van der Waals surface area contributed by atoms with Crippen LogP contribution in [0.2, 0.25) is 0 Å². The fourth-order valence-electron chi connectivity index (χ4n) is 5.80. The number of rotatable bonds is 8. The van der Waals surface area contributed by atoms with Gasteiger partial charge in [-0.2, -0.15) is 9.49 Å². The van der Waals surface area contributed by atoms with E-state index in [1.54, 1.807) is 22.8 Å². The first kappa shape index (κ1) is 27.7. The summed E-state index contributed by atoms with van der Waals surface area (Å²) >= 11 is 0. The van der Waals surface area contributed by atoms with Gasteiger partial charge in [-0.3, -0.25) is 14.7 Å². The Balaban J connectivity index is 1.19. The summed E-state index contributed by atoms with van der Waals surface area (Å²) in [5.41, 5.74) is 5.60. The summed E-state index contributed by atoms with van der Waals surface area (Å²) in [6.07, 6.45) is 10.4. The molecule has 5 aromatic heterocycles. The van der Waals surface area contributed by atoms with Gasteiger partial charge in [-0.15, -0.1) is 0 Å². The molecule has 6 heterocycles. The number of hydrogen-bond donors (Lipinski definition) is 0. The Morgan fingerprint density at radius 2 is 1.70 bits per heavy atom. The number of aromatic nitrogens is 7. The molecule has 1 aliphatic rings. The number of nitrogens with zero attached hydrogens (tertiary/aromatic N) is 8. The first-order valence-corrected chi connectivity index (χ1v) is 14.4. The second-order valence-electron chi connectivity index (χ2n) is 10.9. The first-order valence-electron chi connectivity index (χ1n) is 14.4. The van der Waals surface area contributed by atoms with Crippen LogP contribution in [0.5, 0.6) is 0 Å². The van der Waals surface area contributed by atoms with Gasteiger partial charge >= 0.3 is 0 Å². The molecule has 7 rings (SSSR count). The molecule has 1 aliphatic heterocycles. The predicted octanol–water partition coefficient (Wildman–Crippen LogP) is 5.59. The van der Waals surface area contributed by atoms with Crippen LogP contribution in [0.1, 0.15) is 40.5 Å². The number of hydrogen-bond acceptors (Lipinski definition) is 7. The van der Waals surface area contributed by atoms with Gasteiger partial charge in [0.1, 0.15) is 11.5 Å². The van der Waals surface area contributed by atoms with Gasteiger partial charge in [0.15, 0.2) is 11.4 Å². The number of fused-ring (bicyclic) bond motifs is 1. The fraction of sp³-hybridized carbons (Fsp3) is 0.212. The molecule has 0 spiro atoms. The molecule has 0 unspecified atom stereocenters. The van der Waals surface area contributed by atoms with E-state index in [1.807, 2.05) is 43.0 Å². The molecule has 1 saturated heterocycles. The predicted molar refractivity (Wildman–Crippen MR) is 160 cm³/mol. The molecule has 0 radical (unpaired) electrons. The molecule has 0 aliphatic carbocycles. The van der Waals surface area contributed by atoms with Crippen molar-refractivity contribution in [2.24, 2.45) is 0 Å². The van der Waals surface area contributed by atoms with Crippen LogP contribution in [0.25, 0.3) is 28.3 Å². The zero-order valence-corrected chi connectivity index (χ0v) is 23.7. The van der Waals surface area contributed by atoms with Gasteiger partial charge in [0.05, 0.1) is 36.0 Å². The maximum absolute atomic E-state index is 13.8. The van der Waals surface area contributed by atoms with Crippen molar-refractivity contribution in [1.82, 2.24) is 39.0 Å². The Morgan fingerprint density at radius 1 is 0.909 bits per heavy atom. The van der Waals surface area contributed by atoms with E-state index in [4.69, 9.17) is 10.1 Å². The minimum atomic E-state index is -0.704. The minimum absolute atomic E-state index is 0.00102. The average Bonchev–Trinajstić information content (AvgIpc) is 3.66. The van der Waals surface area contributed by atoms with Gasteiger partial charge in [0.2, 0.25) is 5.95 Å². The molecule has 0 amide bonds. The van der Waals surface area contributed by atoms with Gasteiger partial charge in [0, 0.05) is 61.5 Å². The highest BCUT2D eigenvalue weighted by Gasteiger charge is 2.26. The van der Waals surface area contributed by atoms with Crippen molar-refractivity contribution in [3.63, 3.8) is 0 Å². The van der Waals surface area contributed by atoms with Gasteiger partial charge in [-0.05, 0) is 73.0 Å². The molecule has 44 heavy (non-hydrogen) atoms. The zero-order valence-electron chi connectivity index (χ0n) is 23.7. The molecule has 0 saturated carbocycles. The second kappa shape index (κ2) is 11.8. The van der Waals surface area contributed by atoms with Crippen LogP contribution in [0.4, 0.5) is 8.78 Å². The van der Waals surface area contributed by atoms with Crippen molar-refractivity contribution >= 4 is 11.4 Å². The van der Waals surface area contributed by atoms with Crippen LogP contribution >= 0.6 is 0 Å². The molecule has 1 aromatic carbocycles. The summed E-state index contributed by atoms with van der Waals surface area (Å²) < 4.78 is 31.2. The third-order valence-corrected chi connectivity index (χ3v) is 8.02. The van der Waals surface area contributed by atoms with Crippen LogP contribution in [-0.2, 0) is 13.0 Å². The summed E-state index contributed by atoms with van der Waals surface area (Å²) in [6, 6.07) is 17.0. The van der Waals surface area contributed by atoms with E-state index in [9.17, 15) is 13.6 Å². The molecule has 1 fully saturated rings. The zero-order chi connectivity index (χ0) is 30.0. The smallest absolute Gasteiger partial charge is 0.213 e. The van der Waals surface area contributed by atoms with Crippen LogP contribution < -0.4 is 0 Å². The summed E-state index contributed by atoms with van der Waals surface area (Å²) in [5, 5.41) is 4.88. The Bertz CT molecular complexity index is 1930. The number of carbonyl (C=O) groups excluding carboxylic acids is 1. The monoisotopic (exact) mass is 590 g/mol. The van der Waals surface area contributed by atoms with E-state index >= 15 is 0 Å². The largest absolute Gasteiger partial charge is 0.326 e. The number of likely N-dealkylation sites (tertiary alicyclic amines) is 1. The maximum Gasteiger partial charge on any atom is 0.213 e. The van der Waals surface area contributed by atoms with Crippen LogP contribution in [-0.4, -0.2) is 57.9 Å². The van der Waals surface area contributed by atoms with Crippen molar-refractivity contribution in [2.75, 3.05) is 13.1 Å². The summed E-state index contributed by atoms with van der Waals surface area (Å²) in [5.74, 6) is -1.28. The lowest BCUT2D eigenvalue weighted by atomic mass is 10.0. The van der Waals surface area contributed by atoms with Crippen molar-refractivity contribution < 1.29 is 13.6 Å². The molecule has 220 valence electrons. The number of benzene rings is 1. The standard InChI is InChI=1S/C33H28F2N8O/c34-25-3-1-23(2-4-25)32-33(42(21-38-32)27-10-15-41(16-11-27)19-22-7-12-36-13-8-22)28-5-6-31-39-26(20-43(31)40-28)18-29(44)24-9-14-37-30(35)17-24/h1-9,12-14,17,20-21,27H,10-11,15-16,18-19H2. The lowest BCUT2D eigenvalue weighted by Gasteiger charge is -2.33. The number of imidazole rings is 2. The molecule has 0 N–H and O–H groups in total. The highest BCUT2D eigenvalue weighted by Crippen LogP contribution is 2.35. The molecular weight excluding hydrogens is 562 g/mol. The number of pyridine rings is 2. The van der Waals surface area contributed by atoms with Crippen LogP contribution in [0.15, 0.2) is 91.8 Å². The van der Waals surface area contributed by atoms with E-state index in [0.29, 0.717) is 22.7 Å². The van der Waals surface area contributed by atoms with Crippen molar-refractivity contribution in [3.8, 4) is 22.6 Å². The number of piperidine rings is 1. The topological polar surface area (TPSA) is 94.1 Å². The normalized spacial score (nSPS) is 14.3. The van der Waals surface area contributed by atoms with Crippen molar-refractivity contribution in [3.05, 3.63) is 120 Å². The quantitative estimate of drug-likeness (QED) is 0.169. The molecule has 0 atom stereocenters. The van der Waals surface area contributed by atoms with E-state index in [1.165, 1.54) is 30.0 Å². The van der Waals surface area contributed by atoms with E-state index in [0.717, 1.165) is 49.8 Å². The second-order valence-corrected chi connectivity index (χ2v) is 10.9. The Morgan fingerprint density at radius 3 is 2.48 bits per heavy atom. The minimum Gasteiger partial charge on any atom is -0.326 e. The lowest BCUT2D eigenvalue weighted by Crippen LogP contribution is -2.34. The van der Waals surface area contributed by atoms with Crippen LogP contribution in [0, 0.1) is 11.8 Å². The molecule has 11 heteroatoms. The highest BCUT2D eigenvalue weighted by atomic mass is 19.1. The molecular formula is C33H28F2N8O. The number of ketones is 1. The molecule has 6 aromatic rings. The Hall–Kier alpha value is -5.16. The summed E-state index contributed by atoms with van der Waals surface area (Å²) in [4.78, 5) is 32.2.